The number of carbonyl (C=O) groups is 1. The Kier molecular flexibility index (Phi) is 7.23. The van der Waals surface area contributed by atoms with Crippen molar-refractivity contribution < 1.29 is 36.9 Å². The molecule has 0 aromatic rings. The van der Waals surface area contributed by atoms with Gasteiger partial charge in [-0.1, -0.05) is 18.2 Å². The molecule has 5 nitrogen and oxygen atoms in total. The van der Waals surface area contributed by atoms with Crippen LogP contribution in [0, 0.1) is 5.92 Å². The van der Waals surface area contributed by atoms with Crippen LogP contribution in [0.2, 0.25) is 0 Å². The summed E-state index contributed by atoms with van der Waals surface area (Å²) in [4.78, 5) is 13.3. The van der Waals surface area contributed by atoms with Crippen LogP contribution in [0.5, 0.6) is 0 Å². The minimum absolute atomic E-state index is 0.103. The lowest BCUT2D eigenvalue weighted by atomic mass is 9.83. The smallest absolute Gasteiger partial charge is 0.427 e. The van der Waals surface area contributed by atoms with Crippen molar-refractivity contribution in [1.29, 1.82) is 0 Å². The fourth-order valence-corrected chi connectivity index (χ4v) is 4.11. The Balaban J connectivity index is 1.57. The van der Waals surface area contributed by atoms with Crippen molar-refractivity contribution in [2.24, 2.45) is 5.92 Å². The van der Waals surface area contributed by atoms with Gasteiger partial charge in [0.1, 0.15) is 0 Å². The predicted molar refractivity (Wildman–Crippen MR) is 101 cm³/mol. The van der Waals surface area contributed by atoms with E-state index >= 15 is 0 Å². The number of ether oxygens (including phenoxy) is 2. The maximum absolute atomic E-state index is 13.7. The van der Waals surface area contributed by atoms with Gasteiger partial charge in [0.2, 0.25) is 6.10 Å². The SMILES string of the molecule is O=C(O[C@H](CO)C(F)(F)F)N1CCC2(CC1)CC(C1=C/C=C(/F)CCC\C=C\1)CO2. The van der Waals surface area contributed by atoms with Crippen molar-refractivity contribution >= 4 is 6.09 Å². The van der Waals surface area contributed by atoms with Crippen molar-refractivity contribution in [3.8, 4) is 0 Å². The van der Waals surface area contributed by atoms with Gasteiger partial charge in [0.25, 0.3) is 0 Å². The van der Waals surface area contributed by atoms with Crippen LogP contribution in [-0.2, 0) is 9.47 Å². The Morgan fingerprint density at radius 1 is 1.33 bits per heavy atom. The van der Waals surface area contributed by atoms with Gasteiger partial charge in [-0.3, -0.25) is 0 Å². The van der Waals surface area contributed by atoms with Gasteiger partial charge >= 0.3 is 12.3 Å². The average molecular weight is 433 g/mol. The van der Waals surface area contributed by atoms with Crippen molar-refractivity contribution in [3.63, 3.8) is 0 Å². The van der Waals surface area contributed by atoms with E-state index in [1.165, 1.54) is 11.0 Å². The second-order valence-electron chi connectivity index (χ2n) is 8.05. The van der Waals surface area contributed by atoms with Gasteiger partial charge in [-0.2, -0.15) is 13.2 Å². The number of piperidine rings is 1. The summed E-state index contributed by atoms with van der Waals surface area (Å²) in [5.74, 6) is -0.0393. The van der Waals surface area contributed by atoms with Crippen LogP contribution in [0.25, 0.3) is 0 Å². The van der Waals surface area contributed by atoms with Gasteiger partial charge in [-0.25, -0.2) is 9.18 Å². The molecule has 30 heavy (non-hydrogen) atoms. The first kappa shape index (κ1) is 22.8. The monoisotopic (exact) mass is 433 g/mol. The number of aliphatic hydroxyl groups is 1. The fraction of sp³-hybridized carbons (Fsp3) is 0.667. The number of aliphatic hydroxyl groups excluding tert-OH is 1. The zero-order valence-electron chi connectivity index (χ0n) is 16.7. The minimum Gasteiger partial charge on any atom is -0.434 e. The third kappa shape index (κ3) is 5.63. The van der Waals surface area contributed by atoms with Gasteiger partial charge in [-0.15, -0.1) is 0 Å². The molecule has 1 spiro atoms. The molecule has 3 aliphatic rings. The second-order valence-corrected chi connectivity index (χ2v) is 8.05. The molecule has 1 N–H and O–H groups in total. The lowest BCUT2D eigenvalue weighted by molar-refractivity contribution is -0.215. The van der Waals surface area contributed by atoms with Crippen LogP contribution >= 0.6 is 0 Å². The average Bonchev–Trinajstić information content (AvgIpc) is 3.14. The first-order chi connectivity index (χ1) is 14.2. The van der Waals surface area contributed by atoms with E-state index in [-0.39, 0.29) is 24.8 Å². The second kappa shape index (κ2) is 9.51. The molecule has 1 aliphatic carbocycles. The third-order valence-corrected chi connectivity index (χ3v) is 5.94. The van der Waals surface area contributed by atoms with Crippen LogP contribution in [-0.4, -0.2) is 60.3 Å². The quantitative estimate of drug-likeness (QED) is 0.669. The number of rotatable bonds is 3. The number of carbonyl (C=O) groups excluding carboxylic acids is 1. The number of allylic oxidation sites excluding steroid dienone is 5. The Hall–Kier alpha value is -1.87. The Bertz CT molecular complexity index is 708. The molecule has 1 unspecified atom stereocenters. The molecular formula is C21H27F4NO4. The number of hydrogen-bond donors (Lipinski definition) is 1. The summed E-state index contributed by atoms with van der Waals surface area (Å²) in [6.45, 7) is -0.401. The highest BCUT2D eigenvalue weighted by molar-refractivity contribution is 5.68. The van der Waals surface area contributed by atoms with E-state index in [4.69, 9.17) is 9.84 Å². The molecule has 2 saturated heterocycles. The zero-order valence-corrected chi connectivity index (χ0v) is 16.7. The van der Waals surface area contributed by atoms with Gasteiger partial charge < -0.3 is 19.5 Å². The third-order valence-electron chi connectivity index (χ3n) is 5.94. The van der Waals surface area contributed by atoms with E-state index in [0.717, 1.165) is 18.4 Å². The lowest BCUT2D eigenvalue weighted by Crippen LogP contribution is -2.49. The zero-order chi connectivity index (χ0) is 21.8. The Morgan fingerprint density at radius 2 is 2.07 bits per heavy atom. The van der Waals surface area contributed by atoms with E-state index in [2.05, 4.69) is 4.74 Å². The van der Waals surface area contributed by atoms with Crippen LogP contribution in [0.3, 0.4) is 0 Å². The largest absolute Gasteiger partial charge is 0.434 e. The van der Waals surface area contributed by atoms with Gasteiger partial charge in [0.05, 0.1) is 24.6 Å². The summed E-state index contributed by atoms with van der Waals surface area (Å²) >= 11 is 0. The number of likely N-dealkylation sites (tertiary alicyclic amines) is 1. The van der Waals surface area contributed by atoms with E-state index in [1.54, 1.807) is 6.08 Å². The molecule has 3 rings (SSSR count). The molecular weight excluding hydrogens is 406 g/mol. The first-order valence-electron chi connectivity index (χ1n) is 10.2. The standard InChI is InChI=1S/C21H27F4NO4/c22-17-5-3-1-2-4-15(6-7-17)16-12-20(29-14-16)8-10-26(11-9-20)19(28)30-18(13-27)21(23,24)25/h2,4,6-7,16,18,27H,1,3,5,8-14H2/b4-2+,15-6+,17-7+/t16?,18-/m1/s1. The molecule has 2 atom stereocenters. The Morgan fingerprint density at radius 3 is 2.73 bits per heavy atom. The molecule has 0 saturated carbocycles. The summed E-state index contributed by atoms with van der Waals surface area (Å²) in [6, 6.07) is 0. The molecule has 9 heteroatoms. The molecule has 2 fully saturated rings. The lowest BCUT2D eigenvalue weighted by Gasteiger charge is -2.38. The van der Waals surface area contributed by atoms with Gasteiger partial charge in [0, 0.05) is 19.0 Å². The van der Waals surface area contributed by atoms with Crippen molar-refractivity contribution in [3.05, 3.63) is 35.7 Å². The molecule has 0 aromatic heterocycles. The van der Waals surface area contributed by atoms with E-state index in [1.807, 2.05) is 12.2 Å². The molecule has 168 valence electrons. The predicted octanol–water partition coefficient (Wildman–Crippen LogP) is 4.44. The maximum atomic E-state index is 13.7. The van der Waals surface area contributed by atoms with E-state index < -0.39 is 30.6 Å². The molecule has 2 heterocycles. The van der Waals surface area contributed by atoms with Crippen molar-refractivity contribution in [2.75, 3.05) is 26.3 Å². The molecule has 2 aliphatic heterocycles. The summed E-state index contributed by atoms with van der Waals surface area (Å²) in [6.07, 6.45) is 2.61. The van der Waals surface area contributed by atoms with Crippen molar-refractivity contribution in [2.45, 2.75) is 56.4 Å². The van der Waals surface area contributed by atoms with Crippen LogP contribution < -0.4 is 0 Å². The first-order valence-corrected chi connectivity index (χ1v) is 10.2. The summed E-state index contributed by atoms with van der Waals surface area (Å²) in [7, 11) is 0. The van der Waals surface area contributed by atoms with Crippen LogP contribution in [0.1, 0.15) is 38.5 Å². The summed E-state index contributed by atoms with van der Waals surface area (Å²) in [5.41, 5.74) is 0.554. The summed E-state index contributed by atoms with van der Waals surface area (Å²) < 4.78 is 62.3. The highest BCUT2D eigenvalue weighted by atomic mass is 19.4. The van der Waals surface area contributed by atoms with E-state index in [9.17, 15) is 22.4 Å². The topological polar surface area (TPSA) is 59.0 Å². The van der Waals surface area contributed by atoms with Crippen molar-refractivity contribution in [1.82, 2.24) is 4.90 Å². The number of alkyl halides is 3. The summed E-state index contributed by atoms with van der Waals surface area (Å²) in [5, 5.41) is 8.83. The molecule has 1 amide bonds. The highest BCUT2D eigenvalue weighted by Crippen LogP contribution is 2.42. The highest BCUT2D eigenvalue weighted by Gasteiger charge is 2.46. The van der Waals surface area contributed by atoms with Crippen LogP contribution in [0.15, 0.2) is 35.7 Å². The van der Waals surface area contributed by atoms with Crippen LogP contribution in [0.4, 0.5) is 22.4 Å². The van der Waals surface area contributed by atoms with E-state index in [0.29, 0.717) is 32.3 Å². The Labute approximate surface area is 173 Å². The fourth-order valence-electron chi connectivity index (χ4n) is 4.11. The maximum Gasteiger partial charge on any atom is 0.427 e. The van der Waals surface area contributed by atoms with Gasteiger partial charge in [-0.05, 0) is 50.2 Å². The molecule has 0 aromatic carbocycles. The number of amides is 1. The molecule has 0 radical (unpaired) electrons. The number of halogens is 4. The normalized spacial score (nSPS) is 30.3. The van der Waals surface area contributed by atoms with Gasteiger partial charge in [0.15, 0.2) is 0 Å². The number of hydrogen-bond acceptors (Lipinski definition) is 4. The minimum atomic E-state index is -4.81. The molecule has 0 bridgehead atoms. The number of nitrogens with zero attached hydrogens (tertiary/aromatic N) is 1.